The zero-order chi connectivity index (χ0) is 12.8. The van der Waals surface area contributed by atoms with Gasteiger partial charge in [0.2, 0.25) is 11.7 Å². The van der Waals surface area contributed by atoms with Crippen molar-refractivity contribution in [3.8, 4) is 0 Å². The Bertz CT molecular complexity index is 509. The number of hydrogen-bond acceptors (Lipinski definition) is 2. The summed E-state index contributed by atoms with van der Waals surface area (Å²) in [6.07, 6.45) is -3.03. The third-order valence-electron chi connectivity index (χ3n) is 2.99. The predicted molar refractivity (Wildman–Crippen MR) is 58.4 cm³/mol. The summed E-state index contributed by atoms with van der Waals surface area (Å²) in [6.45, 7) is 3.37. The summed E-state index contributed by atoms with van der Waals surface area (Å²) in [4.78, 5) is 22.8. The highest BCUT2D eigenvalue weighted by Crippen LogP contribution is 2.37. The molecule has 17 heavy (non-hydrogen) atoms. The van der Waals surface area contributed by atoms with Crippen LogP contribution in [0.1, 0.15) is 29.8 Å². The molecule has 1 aliphatic rings. The fourth-order valence-electron chi connectivity index (χ4n) is 1.85. The number of alkyl halides is 2. The lowest BCUT2D eigenvalue weighted by atomic mass is 9.85. The van der Waals surface area contributed by atoms with Gasteiger partial charge >= 0.3 is 6.43 Å². The van der Waals surface area contributed by atoms with E-state index in [0.29, 0.717) is 11.3 Å². The minimum Gasteiger partial charge on any atom is -0.325 e. The highest BCUT2D eigenvalue weighted by Gasteiger charge is 2.38. The maximum Gasteiger partial charge on any atom is 0.300 e. The topological polar surface area (TPSA) is 46.2 Å². The minimum atomic E-state index is -3.03. The van der Waals surface area contributed by atoms with Crippen LogP contribution in [0.25, 0.3) is 0 Å². The number of benzene rings is 1. The van der Waals surface area contributed by atoms with Crippen molar-refractivity contribution in [3.05, 3.63) is 29.3 Å². The van der Waals surface area contributed by atoms with E-state index in [2.05, 4.69) is 5.32 Å². The Morgan fingerprint density at radius 2 is 2.00 bits per heavy atom. The number of hydrogen-bond donors (Lipinski definition) is 1. The van der Waals surface area contributed by atoms with Crippen LogP contribution in [0.5, 0.6) is 0 Å². The quantitative estimate of drug-likeness (QED) is 0.805. The summed E-state index contributed by atoms with van der Waals surface area (Å²) in [5.41, 5.74) is 0.288. The Morgan fingerprint density at radius 1 is 1.35 bits per heavy atom. The van der Waals surface area contributed by atoms with Crippen LogP contribution in [0.3, 0.4) is 0 Å². The number of ketones is 1. The number of nitrogens with one attached hydrogen (secondary N) is 1. The molecule has 0 bridgehead atoms. The van der Waals surface area contributed by atoms with Gasteiger partial charge in [-0.3, -0.25) is 9.59 Å². The van der Waals surface area contributed by atoms with Crippen molar-refractivity contribution < 1.29 is 18.4 Å². The molecule has 1 aromatic carbocycles. The molecule has 0 unspecified atom stereocenters. The predicted octanol–water partition coefficient (Wildman–Crippen LogP) is 2.36. The van der Waals surface area contributed by atoms with E-state index in [1.807, 2.05) is 0 Å². The average molecular weight is 239 g/mol. The summed E-state index contributed by atoms with van der Waals surface area (Å²) in [7, 11) is 0. The maximum absolute atomic E-state index is 12.3. The Labute approximate surface area is 96.8 Å². The number of halogens is 2. The molecule has 3 nitrogen and oxygen atoms in total. The number of carbonyl (C=O) groups excluding carboxylic acids is 2. The Hall–Kier alpha value is -1.78. The molecule has 0 radical (unpaired) electrons. The zero-order valence-electron chi connectivity index (χ0n) is 9.38. The van der Waals surface area contributed by atoms with Gasteiger partial charge in [0.1, 0.15) is 0 Å². The Kier molecular flexibility index (Phi) is 2.49. The van der Waals surface area contributed by atoms with Crippen LogP contribution in [0.2, 0.25) is 0 Å². The second kappa shape index (κ2) is 3.61. The SMILES string of the molecule is CC1(C)C(=O)Nc2ccc(C(=O)C(F)F)cc21. The molecule has 1 heterocycles. The first-order valence-corrected chi connectivity index (χ1v) is 5.12. The van der Waals surface area contributed by atoms with Crippen LogP contribution in [0, 0.1) is 0 Å². The van der Waals surface area contributed by atoms with Gasteiger partial charge in [-0.15, -0.1) is 0 Å². The molecule has 5 heteroatoms. The van der Waals surface area contributed by atoms with Crippen molar-refractivity contribution in [2.75, 3.05) is 5.32 Å². The number of carbonyl (C=O) groups is 2. The fraction of sp³-hybridized carbons (Fsp3) is 0.333. The van der Waals surface area contributed by atoms with Gasteiger partial charge in [0.05, 0.1) is 5.41 Å². The number of rotatable bonds is 2. The average Bonchev–Trinajstić information content (AvgIpc) is 2.49. The van der Waals surface area contributed by atoms with E-state index in [9.17, 15) is 18.4 Å². The summed E-state index contributed by atoms with van der Waals surface area (Å²) in [5, 5.41) is 2.65. The van der Waals surface area contributed by atoms with E-state index in [1.54, 1.807) is 13.8 Å². The number of fused-ring (bicyclic) bond motifs is 1. The van der Waals surface area contributed by atoms with Gasteiger partial charge in [-0.25, -0.2) is 8.78 Å². The molecule has 0 saturated carbocycles. The molecular weight excluding hydrogens is 228 g/mol. The first kappa shape index (κ1) is 11.7. The van der Waals surface area contributed by atoms with Crippen molar-refractivity contribution in [1.29, 1.82) is 0 Å². The van der Waals surface area contributed by atoms with E-state index in [-0.39, 0.29) is 11.5 Å². The highest BCUT2D eigenvalue weighted by molar-refractivity contribution is 6.07. The van der Waals surface area contributed by atoms with Gasteiger partial charge in [0.25, 0.3) is 0 Å². The van der Waals surface area contributed by atoms with E-state index < -0.39 is 17.6 Å². The van der Waals surface area contributed by atoms with Gasteiger partial charge < -0.3 is 5.32 Å². The summed E-state index contributed by atoms with van der Waals surface area (Å²) < 4.78 is 24.6. The first-order valence-electron chi connectivity index (χ1n) is 5.12. The molecule has 0 saturated heterocycles. The van der Waals surface area contributed by atoms with Crippen LogP contribution in [-0.4, -0.2) is 18.1 Å². The summed E-state index contributed by atoms with van der Waals surface area (Å²) >= 11 is 0. The molecule has 0 spiro atoms. The van der Waals surface area contributed by atoms with E-state index in [4.69, 9.17) is 0 Å². The molecule has 90 valence electrons. The van der Waals surface area contributed by atoms with Gasteiger partial charge in [0.15, 0.2) is 0 Å². The molecule has 0 atom stereocenters. The molecule has 0 aromatic heterocycles. The van der Waals surface area contributed by atoms with Crippen molar-refractivity contribution in [2.24, 2.45) is 0 Å². The van der Waals surface area contributed by atoms with Crippen molar-refractivity contribution >= 4 is 17.4 Å². The monoisotopic (exact) mass is 239 g/mol. The molecular formula is C12H11F2NO2. The second-order valence-corrected chi connectivity index (χ2v) is 4.50. The largest absolute Gasteiger partial charge is 0.325 e. The maximum atomic E-state index is 12.3. The number of Topliss-reactive ketones (excluding diaryl/α,β-unsaturated/α-hetero) is 1. The molecule has 1 aromatic rings. The van der Waals surface area contributed by atoms with Crippen LogP contribution < -0.4 is 5.32 Å². The van der Waals surface area contributed by atoms with Crippen molar-refractivity contribution in [2.45, 2.75) is 25.7 Å². The molecule has 1 amide bonds. The Balaban J connectivity index is 2.49. The van der Waals surface area contributed by atoms with E-state index >= 15 is 0 Å². The Morgan fingerprint density at radius 3 is 2.59 bits per heavy atom. The van der Waals surface area contributed by atoms with Crippen LogP contribution in [0.15, 0.2) is 18.2 Å². The second-order valence-electron chi connectivity index (χ2n) is 4.50. The summed E-state index contributed by atoms with van der Waals surface area (Å²) in [6, 6.07) is 4.15. The van der Waals surface area contributed by atoms with E-state index in [1.165, 1.54) is 18.2 Å². The van der Waals surface area contributed by atoms with Crippen LogP contribution in [0.4, 0.5) is 14.5 Å². The lowest BCUT2D eigenvalue weighted by Crippen LogP contribution is -2.27. The molecule has 1 aliphatic heterocycles. The van der Waals surface area contributed by atoms with Crippen LogP contribution in [-0.2, 0) is 10.2 Å². The van der Waals surface area contributed by atoms with Crippen molar-refractivity contribution in [1.82, 2.24) is 0 Å². The zero-order valence-corrected chi connectivity index (χ0v) is 9.38. The van der Waals surface area contributed by atoms with Gasteiger partial charge in [0, 0.05) is 11.3 Å². The number of anilines is 1. The fourth-order valence-corrected chi connectivity index (χ4v) is 1.85. The van der Waals surface area contributed by atoms with Gasteiger partial charge in [-0.1, -0.05) is 0 Å². The third-order valence-corrected chi connectivity index (χ3v) is 2.99. The molecule has 2 rings (SSSR count). The van der Waals surface area contributed by atoms with Crippen LogP contribution >= 0.6 is 0 Å². The lowest BCUT2D eigenvalue weighted by molar-refractivity contribution is -0.119. The van der Waals surface area contributed by atoms with Gasteiger partial charge in [-0.2, -0.15) is 0 Å². The van der Waals surface area contributed by atoms with Crippen molar-refractivity contribution in [3.63, 3.8) is 0 Å². The molecule has 1 N–H and O–H groups in total. The number of amides is 1. The molecule has 0 aliphatic carbocycles. The standard InChI is InChI=1S/C12H11F2NO2/c1-12(2)7-5-6(9(16)10(13)14)3-4-8(7)15-11(12)17/h3-5,10H,1-2H3,(H,15,17). The third kappa shape index (κ3) is 1.71. The van der Waals surface area contributed by atoms with E-state index in [0.717, 1.165) is 0 Å². The highest BCUT2D eigenvalue weighted by atomic mass is 19.3. The minimum absolute atomic E-state index is 0.0664. The van der Waals surface area contributed by atoms with Gasteiger partial charge in [-0.05, 0) is 37.6 Å². The normalized spacial score (nSPS) is 16.9. The molecule has 0 fully saturated rings. The smallest absolute Gasteiger partial charge is 0.300 e. The summed E-state index contributed by atoms with van der Waals surface area (Å²) in [5.74, 6) is -1.42. The lowest BCUT2D eigenvalue weighted by Gasteiger charge is -2.15. The first-order chi connectivity index (χ1) is 7.84.